The Morgan fingerprint density at radius 1 is 1.10 bits per heavy atom. The number of carboxylic acid groups (broad SMARTS) is 1. The molecule has 2 aromatic rings. The van der Waals surface area contributed by atoms with E-state index in [0.29, 0.717) is 10.6 Å². The SMILES string of the molecule is CC(C)c1ccc(S(=O)(=O)N2CC(=O)N(c3cc(C#CC(C)(C)C)sc3C(=O)O)[C@H](C3CCCCC3)C2)cc1. The van der Waals surface area contributed by atoms with E-state index in [0.717, 1.165) is 49.0 Å². The van der Waals surface area contributed by atoms with E-state index in [1.165, 1.54) is 4.31 Å². The van der Waals surface area contributed by atoms with Gasteiger partial charge in [-0.05, 0) is 69.2 Å². The van der Waals surface area contributed by atoms with E-state index in [4.69, 9.17) is 0 Å². The van der Waals surface area contributed by atoms with Crippen molar-refractivity contribution in [3.63, 3.8) is 0 Å². The molecule has 4 rings (SSSR count). The summed E-state index contributed by atoms with van der Waals surface area (Å²) >= 11 is 1.06. The Bertz CT molecular complexity index is 1390. The second kappa shape index (κ2) is 11.4. The molecule has 2 fully saturated rings. The minimum Gasteiger partial charge on any atom is -0.477 e. The summed E-state index contributed by atoms with van der Waals surface area (Å²) in [6, 6.07) is 8.09. The van der Waals surface area contributed by atoms with Crippen LogP contribution in [0.1, 0.15) is 92.8 Å². The lowest BCUT2D eigenvalue weighted by atomic mass is 9.82. The highest BCUT2D eigenvalue weighted by molar-refractivity contribution is 7.89. The van der Waals surface area contributed by atoms with E-state index in [1.807, 2.05) is 46.8 Å². The number of sulfonamides is 1. The summed E-state index contributed by atoms with van der Waals surface area (Å²) < 4.78 is 28.7. The predicted molar refractivity (Wildman–Crippen MR) is 155 cm³/mol. The molecule has 0 unspecified atom stereocenters. The van der Waals surface area contributed by atoms with Crippen LogP contribution in [0.2, 0.25) is 0 Å². The minimum atomic E-state index is -3.91. The zero-order chi connectivity index (χ0) is 28.5. The number of hydrogen-bond donors (Lipinski definition) is 1. The molecular formula is C30H38N2O5S2. The number of amides is 1. The van der Waals surface area contributed by atoms with Gasteiger partial charge in [0.05, 0.1) is 28.0 Å². The standard InChI is InChI=1S/C30H38N2O5S2/c1-20(2)21-11-13-24(14-12-21)39(36,37)31-18-26(22-9-7-6-8-10-22)32(27(33)19-31)25-17-23(15-16-30(3,4)5)38-28(25)29(34)35/h11-14,17,20,22,26H,6-10,18-19H2,1-5H3,(H,34,35)/t26-/m0/s1. The normalized spacial score (nSPS) is 19.7. The van der Waals surface area contributed by atoms with Crippen molar-refractivity contribution >= 4 is 38.9 Å². The van der Waals surface area contributed by atoms with E-state index in [1.54, 1.807) is 23.1 Å². The van der Waals surface area contributed by atoms with Crippen molar-refractivity contribution in [1.29, 1.82) is 0 Å². The first-order valence-corrected chi connectivity index (χ1v) is 15.9. The Labute approximate surface area is 236 Å². The van der Waals surface area contributed by atoms with E-state index >= 15 is 0 Å². The van der Waals surface area contributed by atoms with Gasteiger partial charge in [0.1, 0.15) is 4.88 Å². The lowest BCUT2D eigenvalue weighted by molar-refractivity contribution is -0.121. The van der Waals surface area contributed by atoms with Crippen molar-refractivity contribution in [3.05, 3.63) is 45.6 Å². The van der Waals surface area contributed by atoms with Crippen molar-refractivity contribution < 1.29 is 23.1 Å². The summed E-state index contributed by atoms with van der Waals surface area (Å²) in [6.45, 7) is 9.82. The van der Waals surface area contributed by atoms with E-state index < -0.39 is 27.9 Å². The molecule has 39 heavy (non-hydrogen) atoms. The molecule has 1 N–H and O–H groups in total. The summed E-state index contributed by atoms with van der Waals surface area (Å²) in [5.41, 5.74) is 1.10. The molecule has 2 aliphatic rings. The topological polar surface area (TPSA) is 95.0 Å². The average Bonchev–Trinajstić information content (AvgIpc) is 3.31. The Hall–Kier alpha value is -2.67. The minimum absolute atomic E-state index is 0.0583. The summed E-state index contributed by atoms with van der Waals surface area (Å²) in [4.78, 5) is 28.4. The summed E-state index contributed by atoms with van der Waals surface area (Å²) in [6.07, 6.45) is 4.85. The van der Waals surface area contributed by atoms with Gasteiger partial charge in [-0.15, -0.1) is 11.3 Å². The maximum Gasteiger partial charge on any atom is 0.348 e. The fourth-order valence-corrected chi connectivity index (χ4v) is 7.59. The van der Waals surface area contributed by atoms with Crippen LogP contribution in [0, 0.1) is 23.2 Å². The van der Waals surface area contributed by atoms with Crippen molar-refractivity contribution in [1.82, 2.24) is 4.31 Å². The van der Waals surface area contributed by atoms with Gasteiger partial charge < -0.3 is 10.0 Å². The summed E-state index contributed by atoms with van der Waals surface area (Å²) in [7, 11) is -3.91. The molecule has 1 saturated heterocycles. The molecule has 7 nitrogen and oxygen atoms in total. The van der Waals surface area contributed by atoms with Crippen LogP contribution < -0.4 is 4.90 Å². The zero-order valence-corrected chi connectivity index (χ0v) is 25.0. The predicted octanol–water partition coefficient (Wildman–Crippen LogP) is 5.95. The third-order valence-corrected chi connectivity index (χ3v) is 10.3. The lowest BCUT2D eigenvalue weighted by Crippen LogP contribution is -2.60. The molecule has 9 heteroatoms. The molecular weight excluding hydrogens is 532 g/mol. The third kappa shape index (κ3) is 6.56. The van der Waals surface area contributed by atoms with Crippen LogP contribution in [-0.4, -0.2) is 48.8 Å². The largest absolute Gasteiger partial charge is 0.477 e. The van der Waals surface area contributed by atoms with Gasteiger partial charge in [-0.25, -0.2) is 13.2 Å². The number of rotatable bonds is 6. The first kappa shape index (κ1) is 29.3. The second-order valence-corrected chi connectivity index (χ2v) is 14.9. The highest BCUT2D eigenvalue weighted by atomic mass is 32.2. The van der Waals surface area contributed by atoms with Crippen LogP contribution >= 0.6 is 11.3 Å². The first-order valence-electron chi connectivity index (χ1n) is 13.6. The number of carboxylic acids is 1. The van der Waals surface area contributed by atoms with Crippen LogP contribution in [0.5, 0.6) is 0 Å². The number of benzene rings is 1. The monoisotopic (exact) mass is 570 g/mol. The van der Waals surface area contributed by atoms with Crippen LogP contribution in [-0.2, 0) is 14.8 Å². The summed E-state index contributed by atoms with van der Waals surface area (Å²) in [5, 5.41) is 10.0. The molecule has 1 aromatic heterocycles. The van der Waals surface area contributed by atoms with Gasteiger partial charge in [0.15, 0.2) is 0 Å². The van der Waals surface area contributed by atoms with Gasteiger partial charge >= 0.3 is 5.97 Å². The van der Waals surface area contributed by atoms with Crippen molar-refractivity contribution in [2.45, 2.75) is 83.6 Å². The molecule has 1 aliphatic heterocycles. The van der Waals surface area contributed by atoms with Crippen molar-refractivity contribution in [2.24, 2.45) is 11.3 Å². The zero-order valence-electron chi connectivity index (χ0n) is 23.4. The third-order valence-electron chi connectivity index (χ3n) is 7.41. The smallest absolute Gasteiger partial charge is 0.348 e. The van der Waals surface area contributed by atoms with Gasteiger partial charge in [-0.1, -0.05) is 57.1 Å². The quantitative estimate of drug-likeness (QED) is 0.433. The fraction of sp³-hybridized carbons (Fsp3) is 0.533. The number of nitrogens with zero attached hydrogens (tertiary/aromatic N) is 2. The molecule has 0 bridgehead atoms. The van der Waals surface area contributed by atoms with Gasteiger partial charge in [-0.2, -0.15) is 4.31 Å². The van der Waals surface area contributed by atoms with Crippen LogP contribution in [0.25, 0.3) is 0 Å². The molecule has 210 valence electrons. The number of carbonyl (C=O) groups excluding carboxylic acids is 1. The highest BCUT2D eigenvalue weighted by Gasteiger charge is 2.44. The molecule has 1 aromatic carbocycles. The molecule has 1 amide bonds. The highest BCUT2D eigenvalue weighted by Crippen LogP contribution is 2.39. The molecule has 1 atom stereocenters. The maximum atomic E-state index is 13.8. The molecule has 1 saturated carbocycles. The van der Waals surface area contributed by atoms with E-state index in [2.05, 4.69) is 11.8 Å². The average molecular weight is 571 g/mol. The lowest BCUT2D eigenvalue weighted by Gasteiger charge is -2.44. The Balaban J connectivity index is 1.73. The number of hydrogen-bond acceptors (Lipinski definition) is 5. The second-order valence-electron chi connectivity index (χ2n) is 11.9. The van der Waals surface area contributed by atoms with Gasteiger partial charge in [0, 0.05) is 12.0 Å². The van der Waals surface area contributed by atoms with E-state index in [9.17, 15) is 23.1 Å². The van der Waals surface area contributed by atoms with Crippen LogP contribution in [0.15, 0.2) is 35.2 Å². The van der Waals surface area contributed by atoms with Gasteiger partial charge in [0.25, 0.3) is 0 Å². The van der Waals surface area contributed by atoms with Crippen LogP contribution in [0.3, 0.4) is 0 Å². The first-order chi connectivity index (χ1) is 18.3. The molecule has 2 heterocycles. The Kier molecular flexibility index (Phi) is 8.60. The molecule has 1 aliphatic carbocycles. The summed E-state index contributed by atoms with van der Waals surface area (Å²) in [5.74, 6) is 5.04. The fourth-order valence-electron chi connectivity index (χ4n) is 5.34. The molecule has 0 radical (unpaired) electrons. The number of thiophene rings is 1. The van der Waals surface area contributed by atoms with Gasteiger partial charge in [-0.3, -0.25) is 4.79 Å². The van der Waals surface area contributed by atoms with Gasteiger partial charge in [0.2, 0.25) is 15.9 Å². The van der Waals surface area contributed by atoms with Crippen molar-refractivity contribution in [2.75, 3.05) is 18.0 Å². The van der Waals surface area contributed by atoms with Crippen molar-refractivity contribution in [3.8, 4) is 11.8 Å². The van der Waals surface area contributed by atoms with E-state index in [-0.39, 0.29) is 40.1 Å². The maximum absolute atomic E-state index is 13.8. The Morgan fingerprint density at radius 3 is 2.31 bits per heavy atom. The number of anilines is 1. The Morgan fingerprint density at radius 2 is 1.74 bits per heavy atom. The van der Waals surface area contributed by atoms with Crippen LogP contribution in [0.4, 0.5) is 5.69 Å². The number of aromatic carboxylic acids is 1. The number of piperazine rings is 1. The number of carbonyl (C=O) groups is 2. The molecule has 0 spiro atoms.